The van der Waals surface area contributed by atoms with E-state index in [1.54, 1.807) is 6.92 Å². The molecular formula is C5H9F3O5S. The van der Waals surface area contributed by atoms with Gasteiger partial charge in [-0.3, -0.25) is 4.55 Å². The van der Waals surface area contributed by atoms with E-state index in [4.69, 9.17) is 14.5 Å². The van der Waals surface area contributed by atoms with E-state index in [1.807, 2.05) is 0 Å². The van der Waals surface area contributed by atoms with Gasteiger partial charge >= 0.3 is 12.1 Å². The molecule has 0 heterocycles. The minimum atomic E-state index is -5.08. The SMILES string of the molecule is CCCS(=O)(=O)O.O=C(O)C(F)(F)F. The van der Waals surface area contributed by atoms with Crippen LogP contribution in [0.4, 0.5) is 13.2 Å². The van der Waals surface area contributed by atoms with E-state index in [1.165, 1.54) is 0 Å². The summed E-state index contributed by atoms with van der Waals surface area (Å²) in [5.41, 5.74) is 0. The van der Waals surface area contributed by atoms with Gasteiger partial charge in [0.1, 0.15) is 0 Å². The molecule has 0 radical (unpaired) electrons. The molecule has 0 saturated heterocycles. The topological polar surface area (TPSA) is 91.7 Å². The highest BCUT2D eigenvalue weighted by molar-refractivity contribution is 7.85. The first kappa shape index (κ1) is 15.6. The largest absolute Gasteiger partial charge is 0.490 e. The summed E-state index contributed by atoms with van der Waals surface area (Å²) in [4.78, 5) is 8.90. The lowest BCUT2D eigenvalue weighted by Gasteiger charge is -1.93. The molecule has 9 heteroatoms. The fourth-order valence-corrected chi connectivity index (χ4v) is 0.774. The predicted octanol–water partition coefficient (Wildman–Crippen LogP) is 0.918. The third-order valence-electron chi connectivity index (χ3n) is 0.705. The lowest BCUT2D eigenvalue weighted by Crippen LogP contribution is -2.21. The Hall–Kier alpha value is -0.830. The van der Waals surface area contributed by atoms with Crippen LogP contribution >= 0.6 is 0 Å². The highest BCUT2D eigenvalue weighted by Gasteiger charge is 2.38. The number of carbonyl (C=O) groups is 1. The summed E-state index contributed by atoms with van der Waals surface area (Å²) < 4.78 is 59.3. The predicted molar refractivity (Wildman–Crippen MR) is 40.4 cm³/mol. The minimum absolute atomic E-state index is 0.132. The van der Waals surface area contributed by atoms with Crippen LogP contribution in [0.2, 0.25) is 0 Å². The van der Waals surface area contributed by atoms with Crippen molar-refractivity contribution in [2.24, 2.45) is 0 Å². The van der Waals surface area contributed by atoms with Crippen LogP contribution in [0.25, 0.3) is 0 Å². The van der Waals surface area contributed by atoms with Gasteiger partial charge in [-0.25, -0.2) is 4.79 Å². The molecule has 0 aliphatic rings. The maximum atomic E-state index is 10.6. The number of carboxylic acid groups (broad SMARTS) is 1. The minimum Gasteiger partial charge on any atom is -0.475 e. The van der Waals surface area contributed by atoms with Crippen LogP contribution in [0, 0.1) is 0 Å². The Kier molecular flexibility index (Phi) is 6.48. The molecule has 0 aromatic rings. The van der Waals surface area contributed by atoms with Crippen molar-refractivity contribution >= 4 is 16.1 Å². The highest BCUT2D eigenvalue weighted by atomic mass is 32.2. The maximum absolute atomic E-state index is 10.6. The second kappa shape index (κ2) is 5.81. The third-order valence-corrected chi connectivity index (χ3v) is 1.63. The maximum Gasteiger partial charge on any atom is 0.490 e. The Balaban J connectivity index is 0. The van der Waals surface area contributed by atoms with Crippen molar-refractivity contribution in [3.05, 3.63) is 0 Å². The molecule has 0 rings (SSSR count). The van der Waals surface area contributed by atoms with E-state index < -0.39 is 22.3 Å². The van der Waals surface area contributed by atoms with Gasteiger partial charge in [-0.05, 0) is 6.42 Å². The first-order chi connectivity index (χ1) is 6.00. The molecule has 14 heavy (non-hydrogen) atoms. The number of hydrogen-bond donors (Lipinski definition) is 2. The highest BCUT2D eigenvalue weighted by Crippen LogP contribution is 2.13. The van der Waals surface area contributed by atoms with E-state index in [2.05, 4.69) is 0 Å². The normalized spacial score (nSPS) is 11.5. The van der Waals surface area contributed by atoms with Crippen LogP contribution < -0.4 is 0 Å². The van der Waals surface area contributed by atoms with E-state index in [0.717, 1.165) is 0 Å². The third kappa shape index (κ3) is 13.7. The number of rotatable bonds is 2. The van der Waals surface area contributed by atoms with Crippen molar-refractivity contribution in [2.45, 2.75) is 19.5 Å². The molecule has 0 fully saturated rings. The lowest BCUT2D eigenvalue weighted by atomic mass is 10.6. The summed E-state index contributed by atoms with van der Waals surface area (Å²) in [6, 6.07) is 0. The van der Waals surface area contributed by atoms with Crippen LogP contribution in [-0.2, 0) is 14.9 Å². The van der Waals surface area contributed by atoms with Gasteiger partial charge in [-0.1, -0.05) is 6.92 Å². The van der Waals surface area contributed by atoms with E-state index in [-0.39, 0.29) is 5.75 Å². The van der Waals surface area contributed by atoms with Crippen LogP contribution in [0.3, 0.4) is 0 Å². The molecule has 0 aromatic heterocycles. The smallest absolute Gasteiger partial charge is 0.475 e. The summed E-state index contributed by atoms with van der Waals surface area (Å²) in [5, 5.41) is 7.12. The zero-order valence-electron chi connectivity index (χ0n) is 7.08. The second-order valence-electron chi connectivity index (χ2n) is 2.09. The molecule has 0 unspecified atom stereocenters. The molecule has 0 bridgehead atoms. The molecule has 0 aromatic carbocycles. The van der Waals surface area contributed by atoms with Crippen LogP contribution in [0.5, 0.6) is 0 Å². The summed E-state index contributed by atoms with van der Waals surface area (Å²) in [6.07, 6.45) is -4.61. The fourth-order valence-electron chi connectivity index (χ4n) is 0.258. The Morgan fingerprint density at radius 3 is 1.64 bits per heavy atom. The van der Waals surface area contributed by atoms with Crippen molar-refractivity contribution in [1.82, 2.24) is 0 Å². The van der Waals surface area contributed by atoms with Gasteiger partial charge in [0.05, 0.1) is 5.75 Å². The summed E-state index contributed by atoms with van der Waals surface area (Å²) in [7, 11) is -3.67. The summed E-state index contributed by atoms with van der Waals surface area (Å²) >= 11 is 0. The van der Waals surface area contributed by atoms with E-state index in [0.29, 0.717) is 6.42 Å². The molecular weight excluding hydrogens is 229 g/mol. The Bertz CT molecular complexity index is 268. The average molecular weight is 238 g/mol. The Morgan fingerprint density at radius 1 is 1.36 bits per heavy atom. The number of alkyl halides is 3. The van der Waals surface area contributed by atoms with Crippen molar-refractivity contribution in [3.63, 3.8) is 0 Å². The number of hydrogen-bond acceptors (Lipinski definition) is 3. The van der Waals surface area contributed by atoms with Crippen molar-refractivity contribution < 1.29 is 36.0 Å². The van der Waals surface area contributed by atoms with Crippen molar-refractivity contribution in [2.75, 3.05) is 5.75 Å². The quantitative estimate of drug-likeness (QED) is 0.698. The molecule has 0 spiro atoms. The van der Waals surface area contributed by atoms with E-state index in [9.17, 15) is 21.6 Å². The lowest BCUT2D eigenvalue weighted by molar-refractivity contribution is -0.192. The zero-order chi connectivity index (χ0) is 12.0. The van der Waals surface area contributed by atoms with Gasteiger partial charge in [-0.2, -0.15) is 21.6 Å². The van der Waals surface area contributed by atoms with Gasteiger partial charge in [0.2, 0.25) is 0 Å². The first-order valence-electron chi connectivity index (χ1n) is 3.26. The monoisotopic (exact) mass is 238 g/mol. The molecule has 0 amide bonds. The first-order valence-corrected chi connectivity index (χ1v) is 4.87. The van der Waals surface area contributed by atoms with Crippen molar-refractivity contribution in [3.8, 4) is 0 Å². The van der Waals surface area contributed by atoms with Gasteiger partial charge in [0, 0.05) is 0 Å². The van der Waals surface area contributed by atoms with Crippen molar-refractivity contribution in [1.29, 1.82) is 0 Å². The van der Waals surface area contributed by atoms with Gasteiger partial charge in [0.25, 0.3) is 10.1 Å². The standard InChI is InChI=1S/C3H8O3S.C2HF3O2/c1-2-3-7(4,5)6;3-2(4,5)1(6)7/h2-3H2,1H3,(H,4,5,6);(H,6,7). The number of aliphatic carboxylic acids is 1. The summed E-state index contributed by atoms with van der Waals surface area (Å²) in [5.74, 6) is -2.89. The van der Waals surface area contributed by atoms with Crippen LogP contribution in [0.1, 0.15) is 13.3 Å². The number of carboxylic acids is 1. The molecule has 0 aliphatic carbocycles. The molecule has 5 nitrogen and oxygen atoms in total. The average Bonchev–Trinajstić information content (AvgIpc) is 1.82. The molecule has 0 aliphatic heterocycles. The van der Waals surface area contributed by atoms with Gasteiger partial charge in [0.15, 0.2) is 0 Å². The zero-order valence-corrected chi connectivity index (χ0v) is 7.89. The van der Waals surface area contributed by atoms with Crippen LogP contribution in [0.15, 0.2) is 0 Å². The Morgan fingerprint density at radius 2 is 1.64 bits per heavy atom. The van der Waals surface area contributed by atoms with Gasteiger partial charge in [-0.15, -0.1) is 0 Å². The fraction of sp³-hybridized carbons (Fsp3) is 0.800. The van der Waals surface area contributed by atoms with Gasteiger partial charge < -0.3 is 5.11 Å². The Labute approximate surface area is 78.3 Å². The molecule has 2 N–H and O–H groups in total. The number of halogens is 3. The van der Waals surface area contributed by atoms with Crippen LogP contribution in [-0.4, -0.2) is 36.0 Å². The molecule has 86 valence electrons. The second-order valence-corrected chi connectivity index (χ2v) is 3.66. The molecule has 0 atom stereocenters. The molecule has 0 saturated carbocycles. The van der Waals surface area contributed by atoms with E-state index >= 15 is 0 Å². The summed E-state index contributed by atoms with van der Waals surface area (Å²) in [6.45, 7) is 1.69.